The summed E-state index contributed by atoms with van der Waals surface area (Å²) < 4.78 is 5.10. The maximum Gasteiger partial charge on any atom is 0.339 e. The highest BCUT2D eigenvalue weighted by Crippen LogP contribution is 2.23. The van der Waals surface area contributed by atoms with Crippen LogP contribution in [0.3, 0.4) is 0 Å². The van der Waals surface area contributed by atoms with E-state index in [1.165, 1.54) is 0 Å². The van der Waals surface area contributed by atoms with Crippen LogP contribution in [0, 0.1) is 13.8 Å². The Morgan fingerprint density at radius 1 is 1.12 bits per heavy atom. The molecule has 0 aliphatic rings. The molecule has 0 aliphatic heterocycles. The van der Waals surface area contributed by atoms with E-state index in [9.17, 15) is 14.4 Å². The van der Waals surface area contributed by atoms with Crippen molar-refractivity contribution in [3.63, 3.8) is 0 Å². The number of thioether (sulfide) groups is 1. The summed E-state index contributed by atoms with van der Waals surface area (Å²) in [5.74, 6) is -1.48. The van der Waals surface area contributed by atoms with Crippen LogP contribution in [0.2, 0.25) is 0 Å². The van der Waals surface area contributed by atoms with Gasteiger partial charge in [-0.05, 0) is 43.2 Å². The van der Waals surface area contributed by atoms with Crippen molar-refractivity contribution < 1.29 is 19.1 Å². The first-order valence-corrected chi connectivity index (χ1v) is 8.89. The molecule has 0 saturated carbocycles. The van der Waals surface area contributed by atoms with Crippen molar-refractivity contribution in [3.8, 4) is 0 Å². The van der Waals surface area contributed by atoms with Gasteiger partial charge in [0, 0.05) is 10.6 Å². The van der Waals surface area contributed by atoms with E-state index in [0.29, 0.717) is 16.1 Å². The number of anilines is 1. The molecule has 0 spiro atoms. The molecule has 0 fully saturated rings. The van der Waals surface area contributed by atoms with Crippen LogP contribution in [0.15, 0.2) is 47.4 Å². The summed E-state index contributed by atoms with van der Waals surface area (Å²) in [7, 11) is 0. The molecule has 2 aromatic rings. The normalized spacial score (nSPS) is 10.2. The van der Waals surface area contributed by atoms with Gasteiger partial charge in [-0.15, -0.1) is 11.8 Å². The minimum Gasteiger partial charge on any atom is -0.452 e. The molecule has 0 saturated heterocycles. The Bertz CT molecular complexity index is 836. The Hall–Kier alpha value is -2.80. The maximum atomic E-state index is 12.3. The molecule has 6 nitrogen and oxygen atoms in total. The zero-order valence-corrected chi connectivity index (χ0v) is 15.4. The molecule has 2 aromatic carbocycles. The Kier molecular flexibility index (Phi) is 6.80. The molecule has 2 rings (SSSR count). The SMILES string of the molecule is Cc1ccc(C)c(NC(=O)COC(=O)c2ccccc2SCC(N)=O)c1. The van der Waals surface area contributed by atoms with Gasteiger partial charge >= 0.3 is 5.97 Å². The molecule has 0 radical (unpaired) electrons. The third-order valence-corrected chi connectivity index (χ3v) is 4.57. The van der Waals surface area contributed by atoms with Crippen molar-refractivity contribution in [2.75, 3.05) is 17.7 Å². The number of hydrogen-bond donors (Lipinski definition) is 2. The zero-order chi connectivity index (χ0) is 19.1. The number of carbonyl (C=O) groups excluding carboxylic acids is 3. The quantitative estimate of drug-likeness (QED) is 0.575. The smallest absolute Gasteiger partial charge is 0.339 e. The highest BCUT2D eigenvalue weighted by molar-refractivity contribution is 8.00. The number of nitrogens with one attached hydrogen (secondary N) is 1. The van der Waals surface area contributed by atoms with Crippen LogP contribution in [0.25, 0.3) is 0 Å². The molecule has 0 aromatic heterocycles. The lowest BCUT2D eigenvalue weighted by atomic mass is 10.1. The minimum atomic E-state index is -0.631. The summed E-state index contributed by atoms with van der Waals surface area (Å²) >= 11 is 1.15. The van der Waals surface area contributed by atoms with E-state index in [4.69, 9.17) is 10.5 Å². The number of benzene rings is 2. The van der Waals surface area contributed by atoms with Gasteiger partial charge in [-0.3, -0.25) is 9.59 Å². The number of carbonyl (C=O) groups is 3. The van der Waals surface area contributed by atoms with Crippen molar-refractivity contribution in [1.29, 1.82) is 0 Å². The van der Waals surface area contributed by atoms with Gasteiger partial charge in [-0.1, -0.05) is 24.3 Å². The predicted octanol–water partition coefficient (Wildman–Crippen LogP) is 2.68. The van der Waals surface area contributed by atoms with Crippen LogP contribution < -0.4 is 11.1 Å². The molecule has 136 valence electrons. The van der Waals surface area contributed by atoms with Gasteiger partial charge in [0.15, 0.2) is 6.61 Å². The van der Waals surface area contributed by atoms with Crippen molar-refractivity contribution in [3.05, 3.63) is 59.2 Å². The van der Waals surface area contributed by atoms with E-state index in [1.807, 2.05) is 32.0 Å². The number of rotatable bonds is 7. The molecular formula is C19H20N2O4S. The van der Waals surface area contributed by atoms with E-state index in [0.717, 1.165) is 22.9 Å². The Morgan fingerprint density at radius 3 is 2.58 bits per heavy atom. The van der Waals surface area contributed by atoms with Gasteiger partial charge in [-0.2, -0.15) is 0 Å². The fourth-order valence-corrected chi connectivity index (χ4v) is 2.96. The second-order valence-corrected chi connectivity index (χ2v) is 6.71. The summed E-state index contributed by atoms with van der Waals surface area (Å²) in [4.78, 5) is 35.8. The first kappa shape index (κ1) is 19.5. The number of amides is 2. The van der Waals surface area contributed by atoms with Crippen LogP contribution in [-0.4, -0.2) is 30.1 Å². The molecule has 2 amide bonds. The fraction of sp³-hybridized carbons (Fsp3) is 0.211. The maximum absolute atomic E-state index is 12.3. The van der Waals surface area contributed by atoms with Crippen LogP contribution in [0.5, 0.6) is 0 Å². The van der Waals surface area contributed by atoms with Gasteiger partial charge in [0.2, 0.25) is 5.91 Å². The lowest BCUT2D eigenvalue weighted by Crippen LogP contribution is -2.21. The van der Waals surface area contributed by atoms with E-state index in [-0.39, 0.29) is 5.75 Å². The number of nitrogens with two attached hydrogens (primary N) is 1. The Morgan fingerprint density at radius 2 is 1.85 bits per heavy atom. The summed E-state index contributed by atoms with van der Waals surface area (Å²) in [6.45, 7) is 3.41. The molecule has 3 N–H and O–H groups in total. The highest BCUT2D eigenvalue weighted by Gasteiger charge is 2.15. The standard InChI is InChI=1S/C19H20N2O4S/c1-12-7-8-13(2)15(9-12)21-18(23)10-25-19(24)14-5-3-4-6-16(14)26-11-17(20)22/h3-9H,10-11H2,1-2H3,(H2,20,22)(H,21,23). The van der Waals surface area contributed by atoms with Crippen molar-refractivity contribution >= 4 is 35.2 Å². The molecule has 0 heterocycles. The third kappa shape index (κ3) is 5.63. The lowest BCUT2D eigenvalue weighted by Gasteiger charge is -2.11. The van der Waals surface area contributed by atoms with Crippen molar-refractivity contribution in [2.24, 2.45) is 5.73 Å². The largest absolute Gasteiger partial charge is 0.452 e. The summed E-state index contributed by atoms with van der Waals surface area (Å²) in [5, 5.41) is 2.73. The van der Waals surface area contributed by atoms with E-state index in [2.05, 4.69) is 5.32 Å². The summed E-state index contributed by atoms with van der Waals surface area (Å²) in [5.41, 5.74) is 8.04. The second-order valence-electron chi connectivity index (χ2n) is 5.69. The van der Waals surface area contributed by atoms with Gasteiger partial charge in [0.05, 0.1) is 11.3 Å². The molecule has 26 heavy (non-hydrogen) atoms. The Balaban J connectivity index is 1.97. The molecular weight excluding hydrogens is 352 g/mol. The minimum absolute atomic E-state index is 0.0530. The van der Waals surface area contributed by atoms with Crippen LogP contribution >= 0.6 is 11.8 Å². The molecule has 0 aliphatic carbocycles. The van der Waals surface area contributed by atoms with Crippen molar-refractivity contribution in [1.82, 2.24) is 0 Å². The number of hydrogen-bond acceptors (Lipinski definition) is 5. The predicted molar refractivity (Wildman–Crippen MR) is 101 cm³/mol. The average Bonchev–Trinajstić information content (AvgIpc) is 2.61. The van der Waals surface area contributed by atoms with Crippen LogP contribution in [0.1, 0.15) is 21.5 Å². The first-order valence-electron chi connectivity index (χ1n) is 7.91. The number of esters is 1. The zero-order valence-electron chi connectivity index (χ0n) is 14.6. The second kappa shape index (κ2) is 9.05. The average molecular weight is 372 g/mol. The third-order valence-electron chi connectivity index (χ3n) is 3.48. The summed E-state index contributed by atoms with van der Waals surface area (Å²) in [6, 6.07) is 12.4. The Labute approximate surface area is 156 Å². The van der Waals surface area contributed by atoms with Gasteiger partial charge in [-0.25, -0.2) is 4.79 Å². The van der Waals surface area contributed by atoms with E-state index < -0.39 is 24.4 Å². The van der Waals surface area contributed by atoms with Gasteiger partial charge in [0.1, 0.15) is 0 Å². The van der Waals surface area contributed by atoms with E-state index >= 15 is 0 Å². The topological polar surface area (TPSA) is 98.5 Å². The number of ether oxygens (including phenoxy) is 1. The van der Waals surface area contributed by atoms with Crippen LogP contribution in [0.4, 0.5) is 5.69 Å². The van der Waals surface area contributed by atoms with E-state index in [1.54, 1.807) is 24.3 Å². The monoisotopic (exact) mass is 372 g/mol. The number of aryl methyl sites for hydroxylation is 2. The molecule has 0 bridgehead atoms. The van der Waals surface area contributed by atoms with Crippen molar-refractivity contribution in [2.45, 2.75) is 18.7 Å². The van der Waals surface area contributed by atoms with Gasteiger partial charge < -0.3 is 15.8 Å². The van der Waals surface area contributed by atoms with Gasteiger partial charge in [0.25, 0.3) is 5.91 Å². The van der Waals surface area contributed by atoms with Crippen LogP contribution in [-0.2, 0) is 14.3 Å². The highest BCUT2D eigenvalue weighted by atomic mass is 32.2. The fourth-order valence-electron chi connectivity index (χ4n) is 2.18. The molecule has 0 atom stereocenters. The molecule has 7 heteroatoms. The summed E-state index contributed by atoms with van der Waals surface area (Å²) in [6.07, 6.45) is 0. The number of primary amides is 1. The lowest BCUT2D eigenvalue weighted by molar-refractivity contribution is -0.119. The molecule has 0 unspecified atom stereocenters. The first-order chi connectivity index (χ1) is 12.4.